The van der Waals surface area contributed by atoms with Gasteiger partial charge in [-0.25, -0.2) is 19.9 Å². The molecule has 0 bridgehead atoms. The quantitative estimate of drug-likeness (QED) is 0.549. The van der Waals surface area contributed by atoms with Gasteiger partial charge in [0.25, 0.3) is 5.91 Å². The summed E-state index contributed by atoms with van der Waals surface area (Å²) in [5.74, 6) is 0.0307. The molecule has 3 aromatic rings. The van der Waals surface area contributed by atoms with E-state index in [0.717, 1.165) is 5.57 Å². The minimum Gasteiger partial charge on any atom is -0.352 e. The van der Waals surface area contributed by atoms with Crippen LogP contribution in [-0.4, -0.2) is 49.9 Å². The molecule has 35 heavy (non-hydrogen) atoms. The van der Waals surface area contributed by atoms with Crippen molar-refractivity contribution in [3.05, 3.63) is 77.9 Å². The molecule has 0 radical (unpaired) electrons. The third-order valence-corrected chi connectivity index (χ3v) is 5.62. The van der Waals surface area contributed by atoms with E-state index in [4.69, 9.17) is 0 Å². The van der Waals surface area contributed by atoms with Crippen molar-refractivity contribution >= 4 is 11.9 Å². The van der Waals surface area contributed by atoms with Crippen LogP contribution in [0.25, 0.3) is 11.4 Å². The van der Waals surface area contributed by atoms with E-state index in [1.807, 2.05) is 6.07 Å². The maximum Gasteiger partial charge on any atom is 0.419 e. The zero-order chi connectivity index (χ0) is 25.0. The van der Waals surface area contributed by atoms with Crippen molar-refractivity contribution in [2.24, 2.45) is 0 Å². The van der Waals surface area contributed by atoms with E-state index in [1.165, 1.54) is 6.07 Å². The number of rotatable bonds is 5. The summed E-state index contributed by atoms with van der Waals surface area (Å²) in [4.78, 5) is 31.3. The van der Waals surface area contributed by atoms with Crippen LogP contribution in [0.1, 0.15) is 34.3 Å². The highest BCUT2D eigenvalue weighted by Crippen LogP contribution is 2.29. The number of nitrogens with one attached hydrogen (secondary N) is 1. The van der Waals surface area contributed by atoms with E-state index in [9.17, 15) is 23.2 Å². The smallest absolute Gasteiger partial charge is 0.352 e. The SMILES string of the molecule is C=C1CCCN(C(=O)c2cc(C#N)ccc2-c2ncccn2)C1CNc1ncc(C(F)(F)F)cn1. The molecule has 11 heteroatoms. The summed E-state index contributed by atoms with van der Waals surface area (Å²) in [5.41, 5.74) is 0.925. The van der Waals surface area contributed by atoms with Gasteiger partial charge in [-0.15, -0.1) is 0 Å². The molecule has 0 spiro atoms. The molecule has 1 saturated heterocycles. The predicted octanol–water partition coefficient (Wildman–Crippen LogP) is 4.10. The minimum atomic E-state index is -4.53. The standard InChI is InChI=1S/C24H20F3N7O/c1-15-4-2-9-34(20(15)14-33-23-31-12-17(13-32-23)24(25,26)27)22(35)19-10-16(11-28)5-6-18(19)21-29-7-3-8-30-21/h3,5-8,10,12-13,20H,1-2,4,9,14H2,(H,31,32,33). The summed E-state index contributed by atoms with van der Waals surface area (Å²) in [5, 5.41) is 12.3. The summed E-state index contributed by atoms with van der Waals surface area (Å²) in [6.45, 7) is 4.69. The van der Waals surface area contributed by atoms with Gasteiger partial charge in [-0.05, 0) is 37.1 Å². The number of piperidine rings is 1. The fraction of sp³-hybridized carbons (Fsp3) is 0.250. The van der Waals surface area contributed by atoms with Crippen LogP contribution in [-0.2, 0) is 6.18 Å². The summed E-state index contributed by atoms with van der Waals surface area (Å²) >= 11 is 0. The Hall–Kier alpha value is -4.33. The molecule has 1 unspecified atom stereocenters. The van der Waals surface area contributed by atoms with Crippen molar-refractivity contribution in [1.82, 2.24) is 24.8 Å². The number of halogens is 3. The molecule has 3 heterocycles. The first-order valence-corrected chi connectivity index (χ1v) is 10.7. The summed E-state index contributed by atoms with van der Waals surface area (Å²) in [7, 11) is 0. The van der Waals surface area contributed by atoms with Crippen molar-refractivity contribution in [2.75, 3.05) is 18.4 Å². The van der Waals surface area contributed by atoms with Gasteiger partial charge in [-0.1, -0.05) is 12.2 Å². The Labute approximate surface area is 199 Å². The molecular formula is C24H20F3N7O. The number of carbonyl (C=O) groups excluding carboxylic acids is 1. The summed E-state index contributed by atoms with van der Waals surface area (Å²) in [6.07, 6.45) is 1.39. The second kappa shape index (κ2) is 9.89. The Kier molecular flexibility index (Phi) is 6.73. The van der Waals surface area contributed by atoms with Crippen LogP contribution in [0.3, 0.4) is 0 Å². The van der Waals surface area contributed by atoms with Gasteiger partial charge < -0.3 is 10.2 Å². The lowest BCUT2D eigenvalue weighted by atomic mass is 9.94. The average Bonchev–Trinajstić information content (AvgIpc) is 2.87. The van der Waals surface area contributed by atoms with E-state index >= 15 is 0 Å². The molecule has 1 fully saturated rings. The van der Waals surface area contributed by atoms with Gasteiger partial charge in [0.15, 0.2) is 5.82 Å². The lowest BCUT2D eigenvalue weighted by Gasteiger charge is -2.37. The number of nitrogens with zero attached hydrogens (tertiary/aromatic N) is 6. The van der Waals surface area contributed by atoms with Crippen LogP contribution in [0.15, 0.2) is 61.2 Å². The second-order valence-electron chi connectivity index (χ2n) is 7.89. The molecule has 1 aliphatic heterocycles. The number of nitriles is 1. The maximum absolute atomic E-state index is 13.7. The molecule has 1 aliphatic rings. The first kappa shape index (κ1) is 23.8. The Balaban J connectivity index is 1.60. The molecule has 1 amide bonds. The van der Waals surface area contributed by atoms with Crippen LogP contribution in [0, 0.1) is 11.3 Å². The third-order valence-electron chi connectivity index (χ3n) is 5.62. The number of hydrogen-bond donors (Lipinski definition) is 1. The summed E-state index contributed by atoms with van der Waals surface area (Å²) < 4.78 is 38.3. The maximum atomic E-state index is 13.7. The van der Waals surface area contributed by atoms with Gasteiger partial charge in [-0.2, -0.15) is 18.4 Å². The van der Waals surface area contributed by atoms with E-state index in [0.29, 0.717) is 48.7 Å². The zero-order valence-electron chi connectivity index (χ0n) is 18.5. The van der Waals surface area contributed by atoms with E-state index < -0.39 is 17.8 Å². The molecule has 4 rings (SSSR count). The number of alkyl halides is 3. The van der Waals surface area contributed by atoms with Gasteiger partial charge in [0, 0.05) is 43.4 Å². The molecule has 1 N–H and O–H groups in total. The van der Waals surface area contributed by atoms with Crippen molar-refractivity contribution in [1.29, 1.82) is 5.26 Å². The first-order chi connectivity index (χ1) is 16.8. The number of carbonyl (C=O) groups is 1. The Morgan fingerprint density at radius 1 is 1.20 bits per heavy atom. The van der Waals surface area contributed by atoms with Crippen LogP contribution in [0.5, 0.6) is 0 Å². The Bertz CT molecular complexity index is 1270. The topological polar surface area (TPSA) is 108 Å². The van der Waals surface area contributed by atoms with Crippen molar-refractivity contribution < 1.29 is 18.0 Å². The molecule has 8 nitrogen and oxygen atoms in total. The average molecular weight is 479 g/mol. The Morgan fingerprint density at radius 2 is 1.91 bits per heavy atom. The predicted molar refractivity (Wildman–Crippen MR) is 121 cm³/mol. The highest BCUT2D eigenvalue weighted by Gasteiger charge is 2.33. The highest BCUT2D eigenvalue weighted by molar-refractivity contribution is 6.01. The Morgan fingerprint density at radius 3 is 2.57 bits per heavy atom. The number of hydrogen-bond acceptors (Lipinski definition) is 7. The van der Waals surface area contributed by atoms with Crippen molar-refractivity contribution in [3.8, 4) is 17.5 Å². The van der Waals surface area contributed by atoms with Gasteiger partial charge in [-0.3, -0.25) is 4.79 Å². The molecule has 2 aromatic heterocycles. The minimum absolute atomic E-state index is 0.00799. The zero-order valence-corrected chi connectivity index (χ0v) is 18.5. The fourth-order valence-corrected chi connectivity index (χ4v) is 3.85. The van der Waals surface area contributed by atoms with Crippen LogP contribution in [0.2, 0.25) is 0 Å². The van der Waals surface area contributed by atoms with Crippen LogP contribution < -0.4 is 5.32 Å². The van der Waals surface area contributed by atoms with E-state index in [1.54, 1.807) is 35.5 Å². The van der Waals surface area contributed by atoms with Crippen molar-refractivity contribution in [2.45, 2.75) is 25.1 Å². The van der Waals surface area contributed by atoms with Gasteiger partial charge >= 0.3 is 6.18 Å². The molecule has 0 saturated carbocycles. The summed E-state index contributed by atoms with van der Waals surface area (Å²) in [6, 6.07) is 7.99. The van der Waals surface area contributed by atoms with Crippen LogP contribution >= 0.6 is 0 Å². The number of likely N-dealkylation sites (tertiary alicyclic amines) is 1. The van der Waals surface area contributed by atoms with Crippen LogP contribution in [0.4, 0.5) is 19.1 Å². The monoisotopic (exact) mass is 479 g/mol. The highest BCUT2D eigenvalue weighted by atomic mass is 19.4. The molecule has 1 aromatic carbocycles. The second-order valence-corrected chi connectivity index (χ2v) is 7.89. The lowest BCUT2D eigenvalue weighted by Crippen LogP contribution is -2.48. The van der Waals surface area contributed by atoms with Crippen molar-refractivity contribution in [3.63, 3.8) is 0 Å². The van der Waals surface area contributed by atoms with Gasteiger partial charge in [0.2, 0.25) is 5.95 Å². The first-order valence-electron chi connectivity index (χ1n) is 10.7. The van der Waals surface area contributed by atoms with E-state index in [2.05, 4.69) is 31.8 Å². The largest absolute Gasteiger partial charge is 0.419 e. The van der Waals surface area contributed by atoms with E-state index in [-0.39, 0.29) is 24.0 Å². The number of amides is 1. The molecule has 0 aliphatic carbocycles. The molecule has 1 atom stereocenters. The molecule has 178 valence electrons. The number of anilines is 1. The normalized spacial score (nSPS) is 16.0. The fourth-order valence-electron chi connectivity index (χ4n) is 3.85. The molecular weight excluding hydrogens is 459 g/mol. The number of aromatic nitrogens is 4. The third kappa shape index (κ3) is 5.27. The van der Waals surface area contributed by atoms with Gasteiger partial charge in [0.1, 0.15) is 0 Å². The lowest BCUT2D eigenvalue weighted by molar-refractivity contribution is -0.138. The van der Waals surface area contributed by atoms with Gasteiger partial charge in [0.05, 0.1) is 28.8 Å². The number of benzene rings is 1.